The van der Waals surface area contributed by atoms with E-state index in [9.17, 15) is 14.4 Å². The number of hydrogen-bond donors (Lipinski definition) is 0. The largest absolute Gasteiger partial charge is 0.435 e. The van der Waals surface area contributed by atoms with Gasteiger partial charge in [0.05, 0.1) is 6.26 Å². The minimum Gasteiger partial charge on any atom is -0.435 e. The third kappa shape index (κ3) is 3.24. The number of aryl methyl sites for hydroxylation is 2. The van der Waals surface area contributed by atoms with Crippen LogP contribution in [-0.2, 0) is 30.7 Å². The fraction of sp³-hybridized carbons (Fsp3) is 0.267. The highest BCUT2D eigenvalue weighted by atomic mass is 16.5. The maximum absolute atomic E-state index is 12.2. The van der Waals surface area contributed by atoms with Gasteiger partial charge in [0.25, 0.3) is 5.56 Å². The molecule has 0 amide bonds. The third-order valence-electron chi connectivity index (χ3n) is 3.26. The van der Waals surface area contributed by atoms with Gasteiger partial charge >= 0.3 is 11.7 Å². The Morgan fingerprint density at radius 2 is 1.79 bits per heavy atom. The van der Waals surface area contributed by atoms with Crippen molar-refractivity contribution in [3.63, 3.8) is 0 Å². The highest BCUT2D eigenvalue weighted by Gasteiger charge is 2.15. The van der Waals surface area contributed by atoms with Crippen LogP contribution in [0.1, 0.15) is 6.92 Å². The smallest absolute Gasteiger partial charge is 0.332 e. The standard InChI is InChI=1S/C15H17N5O4/c1-10(21)24-9-7-5-6-8-16-14-17-12-11(18(14)2)13(22)20(4)15(23)19(12)3/h5-9H,1-4H3/b6-5-,9-7+,16-8?. The summed E-state index contributed by atoms with van der Waals surface area (Å²) in [5, 5.41) is 0. The first kappa shape index (κ1) is 17.1. The third-order valence-corrected chi connectivity index (χ3v) is 3.26. The first-order valence-corrected chi connectivity index (χ1v) is 7.00. The van der Waals surface area contributed by atoms with Gasteiger partial charge in [0.2, 0.25) is 5.95 Å². The molecule has 0 aliphatic rings. The second kappa shape index (κ2) is 6.90. The van der Waals surface area contributed by atoms with Crippen LogP contribution in [0, 0.1) is 0 Å². The van der Waals surface area contributed by atoms with Crippen LogP contribution in [0.15, 0.2) is 39.1 Å². The van der Waals surface area contributed by atoms with E-state index in [0.29, 0.717) is 5.52 Å². The van der Waals surface area contributed by atoms with E-state index in [1.807, 2.05) is 0 Å². The zero-order chi connectivity index (χ0) is 17.9. The first-order valence-electron chi connectivity index (χ1n) is 7.00. The van der Waals surface area contributed by atoms with E-state index < -0.39 is 17.2 Å². The average molecular weight is 331 g/mol. The summed E-state index contributed by atoms with van der Waals surface area (Å²) in [6, 6.07) is 0. The van der Waals surface area contributed by atoms with Crippen molar-refractivity contribution in [1.82, 2.24) is 18.7 Å². The maximum atomic E-state index is 12.2. The maximum Gasteiger partial charge on any atom is 0.332 e. The molecule has 0 aromatic carbocycles. The number of aromatic nitrogens is 4. The number of fused-ring (bicyclic) bond motifs is 1. The van der Waals surface area contributed by atoms with E-state index >= 15 is 0 Å². The van der Waals surface area contributed by atoms with Gasteiger partial charge < -0.3 is 9.30 Å². The van der Waals surface area contributed by atoms with Crippen molar-refractivity contribution in [3.8, 4) is 0 Å². The summed E-state index contributed by atoms with van der Waals surface area (Å²) >= 11 is 0. The second-order valence-electron chi connectivity index (χ2n) is 4.95. The fourth-order valence-electron chi connectivity index (χ4n) is 2.03. The van der Waals surface area contributed by atoms with Gasteiger partial charge in [-0.1, -0.05) is 6.08 Å². The molecule has 0 N–H and O–H groups in total. The van der Waals surface area contributed by atoms with Crippen LogP contribution >= 0.6 is 0 Å². The molecule has 0 bridgehead atoms. The number of rotatable bonds is 4. The topological polar surface area (TPSA) is 100 Å². The summed E-state index contributed by atoms with van der Waals surface area (Å²) in [5.74, 6) is -0.114. The molecule has 24 heavy (non-hydrogen) atoms. The molecule has 0 spiro atoms. The van der Waals surface area contributed by atoms with E-state index in [1.165, 1.54) is 41.7 Å². The van der Waals surface area contributed by atoms with E-state index in [2.05, 4.69) is 14.7 Å². The Bertz CT molecular complexity index is 988. The molecule has 0 fully saturated rings. The number of esters is 1. The summed E-state index contributed by atoms with van der Waals surface area (Å²) in [6.45, 7) is 1.30. The Balaban J connectivity index is 2.33. The van der Waals surface area contributed by atoms with Gasteiger partial charge in [-0.2, -0.15) is 4.98 Å². The summed E-state index contributed by atoms with van der Waals surface area (Å²) in [5.41, 5.74) is -0.303. The number of imidazole rings is 1. The molecule has 0 aliphatic carbocycles. The SMILES string of the molecule is CC(=O)O/C=C/C=C\C=Nc1nc2c(c(=O)n(C)c(=O)n2C)n1C. The Hall–Kier alpha value is -3.23. The monoisotopic (exact) mass is 331 g/mol. The lowest BCUT2D eigenvalue weighted by molar-refractivity contribution is -0.135. The summed E-state index contributed by atoms with van der Waals surface area (Å²) < 4.78 is 8.46. The van der Waals surface area contributed by atoms with Crippen LogP contribution in [0.3, 0.4) is 0 Å². The van der Waals surface area contributed by atoms with E-state index in [4.69, 9.17) is 0 Å². The van der Waals surface area contributed by atoms with Crippen LogP contribution in [0.25, 0.3) is 11.2 Å². The minimum atomic E-state index is -0.448. The normalized spacial score (nSPS) is 12.2. The number of ether oxygens (including phenoxy) is 1. The zero-order valence-electron chi connectivity index (χ0n) is 13.8. The molecule has 0 atom stereocenters. The van der Waals surface area contributed by atoms with Crippen molar-refractivity contribution in [2.75, 3.05) is 0 Å². The molecule has 0 radical (unpaired) electrons. The van der Waals surface area contributed by atoms with Crippen LogP contribution in [-0.4, -0.2) is 30.9 Å². The van der Waals surface area contributed by atoms with Crippen LogP contribution in [0.5, 0.6) is 0 Å². The molecule has 2 rings (SSSR count). The molecule has 126 valence electrons. The fourth-order valence-corrected chi connectivity index (χ4v) is 2.03. The highest BCUT2D eigenvalue weighted by Crippen LogP contribution is 2.15. The highest BCUT2D eigenvalue weighted by molar-refractivity contribution is 5.77. The molecule has 2 aromatic heterocycles. The Kier molecular flexibility index (Phi) is 4.93. The molecular weight excluding hydrogens is 314 g/mol. The first-order chi connectivity index (χ1) is 11.3. The van der Waals surface area contributed by atoms with Crippen molar-refractivity contribution < 1.29 is 9.53 Å². The summed E-state index contributed by atoms with van der Waals surface area (Å²) in [7, 11) is 4.61. The molecule has 0 saturated carbocycles. The average Bonchev–Trinajstić information content (AvgIpc) is 2.86. The van der Waals surface area contributed by atoms with E-state index in [1.54, 1.807) is 26.2 Å². The van der Waals surface area contributed by atoms with E-state index in [0.717, 1.165) is 4.57 Å². The van der Waals surface area contributed by atoms with Crippen molar-refractivity contribution in [2.45, 2.75) is 6.92 Å². The molecule has 9 heteroatoms. The summed E-state index contributed by atoms with van der Waals surface area (Å²) in [6.07, 6.45) is 7.48. The number of carbonyl (C=O) groups excluding carboxylic acids is 1. The molecule has 2 heterocycles. The number of hydrogen-bond acceptors (Lipinski definition) is 6. The number of aliphatic imine (C=N–C) groups is 1. The molecule has 9 nitrogen and oxygen atoms in total. The molecule has 0 unspecified atom stereocenters. The predicted molar refractivity (Wildman–Crippen MR) is 89.4 cm³/mol. The van der Waals surface area contributed by atoms with Gasteiger partial charge in [-0.25, -0.2) is 9.79 Å². The number of carbonyl (C=O) groups is 1. The number of allylic oxidation sites excluding steroid dienone is 3. The van der Waals surface area contributed by atoms with Gasteiger partial charge in [0, 0.05) is 34.3 Å². The number of nitrogens with zero attached hydrogens (tertiary/aromatic N) is 5. The molecular formula is C15H17N5O4. The molecule has 0 aliphatic heterocycles. The van der Waals surface area contributed by atoms with Gasteiger partial charge in [-0.15, -0.1) is 0 Å². The van der Waals surface area contributed by atoms with Gasteiger partial charge in [0.1, 0.15) is 0 Å². The lowest BCUT2D eigenvalue weighted by Crippen LogP contribution is -2.37. The van der Waals surface area contributed by atoms with Crippen molar-refractivity contribution in [1.29, 1.82) is 0 Å². The van der Waals surface area contributed by atoms with Crippen molar-refractivity contribution in [3.05, 3.63) is 45.3 Å². The lowest BCUT2D eigenvalue weighted by Gasteiger charge is -2.02. The van der Waals surface area contributed by atoms with Crippen molar-refractivity contribution >= 4 is 29.3 Å². The van der Waals surface area contributed by atoms with Gasteiger partial charge in [0.15, 0.2) is 11.2 Å². The molecule has 2 aromatic rings. The molecule has 0 saturated heterocycles. The predicted octanol–water partition coefficient (Wildman–Crippen LogP) is 0.306. The summed E-state index contributed by atoms with van der Waals surface area (Å²) in [4.78, 5) is 43.1. The van der Waals surface area contributed by atoms with Crippen LogP contribution in [0.4, 0.5) is 5.95 Å². The quantitative estimate of drug-likeness (QED) is 0.347. The van der Waals surface area contributed by atoms with E-state index in [-0.39, 0.29) is 11.6 Å². The van der Waals surface area contributed by atoms with Gasteiger partial charge in [-0.05, 0) is 12.2 Å². The Labute approximate surface area is 136 Å². The minimum absolute atomic E-state index is 0.275. The lowest BCUT2D eigenvalue weighted by atomic mass is 10.5. The van der Waals surface area contributed by atoms with Crippen LogP contribution in [0.2, 0.25) is 0 Å². The Morgan fingerprint density at radius 3 is 2.46 bits per heavy atom. The second-order valence-corrected chi connectivity index (χ2v) is 4.95. The van der Waals surface area contributed by atoms with Crippen molar-refractivity contribution in [2.24, 2.45) is 26.1 Å². The van der Waals surface area contributed by atoms with Crippen LogP contribution < -0.4 is 11.2 Å². The Morgan fingerprint density at radius 1 is 1.08 bits per heavy atom. The zero-order valence-corrected chi connectivity index (χ0v) is 13.8. The van der Waals surface area contributed by atoms with Gasteiger partial charge in [-0.3, -0.25) is 18.7 Å².